The smallest absolute Gasteiger partial charge is 0.238 e. The second-order valence-electron chi connectivity index (χ2n) is 7.40. The topological polar surface area (TPSA) is 146 Å². The summed E-state index contributed by atoms with van der Waals surface area (Å²) in [5, 5.41) is 18.3. The van der Waals surface area contributed by atoms with Gasteiger partial charge in [-0.3, -0.25) is 4.79 Å². The number of anilines is 1. The number of amides is 1. The van der Waals surface area contributed by atoms with Crippen LogP contribution in [0.5, 0.6) is 0 Å². The number of hydrogen-bond donors (Lipinski definition) is 3. The van der Waals surface area contributed by atoms with E-state index in [0.29, 0.717) is 23.1 Å². The summed E-state index contributed by atoms with van der Waals surface area (Å²) in [5.74, 6) is 6.52. The van der Waals surface area contributed by atoms with Crippen LogP contribution in [-0.2, 0) is 21.2 Å². The summed E-state index contributed by atoms with van der Waals surface area (Å²) in [6, 6.07) is 19.8. The van der Waals surface area contributed by atoms with Crippen LogP contribution in [-0.4, -0.2) is 34.4 Å². The average Bonchev–Trinajstić information content (AvgIpc) is 3.12. The van der Waals surface area contributed by atoms with Crippen LogP contribution < -0.4 is 16.3 Å². The maximum atomic E-state index is 12.6. The van der Waals surface area contributed by atoms with Crippen LogP contribution in [0.2, 0.25) is 0 Å². The van der Waals surface area contributed by atoms with E-state index < -0.39 is 15.3 Å². The van der Waals surface area contributed by atoms with Gasteiger partial charge in [-0.1, -0.05) is 54.2 Å². The summed E-state index contributed by atoms with van der Waals surface area (Å²) in [6.07, 6.45) is 0.502. The van der Waals surface area contributed by atoms with Crippen molar-refractivity contribution in [2.75, 3.05) is 11.2 Å². The Hall–Kier alpha value is -3.41. The third-order valence-corrected chi connectivity index (χ3v) is 7.05. The summed E-state index contributed by atoms with van der Waals surface area (Å²) >= 11 is 1.18. The summed E-state index contributed by atoms with van der Waals surface area (Å²) in [5.41, 5.74) is 1.53. The highest BCUT2D eigenvalue weighted by Gasteiger charge is 2.20. The van der Waals surface area contributed by atoms with E-state index in [0.717, 1.165) is 16.3 Å². The maximum Gasteiger partial charge on any atom is 0.238 e. The van der Waals surface area contributed by atoms with Crippen molar-refractivity contribution in [3.05, 3.63) is 78.1 Å². The minimum atomic E-state index is -3.79. The number of nitrogen functional groups attached to an aromatic ring is 1. The molecule has 0 aliphatic carbocycles. The molecule has 11 heteroatoms. The number of nitrogens with one attached hydrogen (secondary N) is 1. The van der Waals surface area contributed by atoms with Gasteiger partial charge in [0.2, 0.25) is 21.1 Å². The van der Waals surface area contributed by atoms with Crippen molar-refractivity contribution >= 4 is 44.2 Å². The van der Waals surface area contributed by atoms with Crippen molar-refractivity contribution in [1.29, 1.82) is 0 Å². The van der Waals surface area contributed by atoms with E-state index in [4.69, 9.17) is 11.0 Å². The summed E-state index contributed by atoms with van der Waals surface area (Å²) in [7, 11) is -3.79. The molecule has 0 aliphatic rings. The lowest BCUT2D eigenvalue weighted by Crippen LogP contribution is -2.24. The van der Waals surface area contributed by atoms with Gasteiger partial charge >= 0.3 is 0 Å². The number of primary sulfonamides is 1. The normalized spacial score (nSPS) is 12.5. The molecule has 1 atom stereocenters. The standard InChI is InChI=1S/C22H22N6O3S2/c1-14(21(29)25-17-9-11-18(12-10-17)33(24,30)31)32-22-27-26-20(28(22)23)13-16-7-4-6-15-5-2-3-8-19(15)16/h2-12,14H,13,23H2,1H3,(H,25,29)(H2,24,30,31)/t14-/m1/s1. The predicted octanol–water partition coefficient (Wildman–Crippen LogP) is 2.50. The average molecular weight is 483 g/mol. The number of thioether (sulfide) groups is 1. The summed E-state index contributed by atoms with van der Waals surface area (Å²) in [6.45, 7) is 1.72. The number of fused-ring (bicyclic) bond motifs is 1. The number of carbonyl (C=O) groups excluding carboxylic acids is 1. The molecule has 170 valence electrons. The van der Waals surface area contributed by atoms with Gasteiger partial charge in [-0.25, -0.2) is 18.2 Å². The minimum Gasteiger partial charge on any atom is -0.336 e. The molecule has 0 fully saturated rings. The largest absolute Gasteiger partial charge is 0.336 e. The van der Waals surface area contributed by atoms with Crippen molar-refractivity contribution in [3.63, 3.8) is 0 Å². The van der Waals surface area contributed by atoms with Gasteiger partial charge in [0.05, 0.1) is 10.1 Å². The molecule has 1 amide bonds. The molecule has 9 nitrogen and oxygen atoms in total. The molecule has 1 aromatic heterocycles. The first kappa shape index (κ1) is 22.8. The minimum absolute atomic E-state index is 0.0297. The molecule has 4 aromatic rings. The van der Waals surface area contributed by atoms with E-state index in [9.17, 15) is 13.2 Å². The van der Waals surface area contributed by atoms with Crippen LogP contribution in [0.4, 0.5) is 5.69 Å². The van der Waals surface area contributed by atoms with E-state index in [1.807, 2.05) is 24.3 Å². The Morgan fingerprint density at radius 2 is 1.76 bits per heavy atom. The first-order valence-electron chi connectivity index (χ1n) is 9.99. The Bertz CT molecular complexity index is 1410. The van der Waals surface area contributed by atoms with E-state index in [1.54, 1.807) is 6.92 Å². The lowest BCUT2D eigenvalue weighted by Gasteiger charge is -2.12. The van der Waals surface area contributed by atoms with Crippen molar-refractivity contribution < 1.29 is 13.2 Å². The molecule has 1 heterocycles. The Morgan fingerprint density at radius 1 is 1.06 bits per heavy atom. The molecule has 0 spiro atoms. The van der Waals surface area contributed by atoms with Crippen molar-refractivity contribution in [3.8, 4) is 0 Å². The highest BCUT2D eigenvalue weighted by atomic mass is 32.2. The predicted molar refractivity (Wildman–Crippen MR) is 129 cm³/mol. The van der Waals surface area contributed by atoms with Gasteiger partial charge in [-0.2, -0.15) is 0 Å². The fourth-order valence-electron chi connectivity index (χ4n) is 3.31. The van der Waals surface area contributed by atoms with Crippen LogP contribution >= 0.6 is 11.8 Å². The summed E-state index contributed by atoms with van der Waals surface area (Å²) in [4.78, 5) is 12.6. The van der Waals surface area contributed by atoms with E-state index in [2.05, 4.69) is 33.7 Å². The molecule has 0 bridgehead atoms. The van der Waals surface area contributed by atoms with Gasteiger partial charge in [-0.15, -0.1) is 10.2 Å². The van der Waals surface area contributed by atoms with Crippen LogP contribution in [0.15, 0.2) is 76.8 Å². The van der Waals surface area contributed by atoms with Crippen LogP contribution in [0.25, 0.3) is 10.8 Å². The molecule has 0 radical (unpaired) electrons. The van der Waals surface area contributed by atoms with Gasteiger partial charge in [0.1, 0.15) is 0 Å². The van der Waals surface area contributed by atoms with Gasteiger partial charge in [0, 0.05) is 12.1 Å². The molecule has 0 saturated carbocycles. The van der Waals surface area contributed by atoms with Crippen molar-refractivity contribution in [1.82, 2.24) is 14.9 Å². The maximum absolute atomic E-state index is 12.6. The highest BCUT2D eigenvalue weighted by molar-refractivity contribution is 8.00. The van der Waals surface area contributed by atoms with Gasteiger partial charge in [0.25, 0.3) is 0 Å². The first-order chi connectivity index (χ1) is 15.7. The molecule has 33 heavy (non-hydrogen) atoms. The number of nitrogens with two attached hydrogens (primary N) is 2. The molecule has 0 saturated heterocycles. The number of aromatic nitrogens is 3. The molecule has 4 rings (SSSR count). The van der Waals surface area contributed by atoms with Crippen molar-refractivity contribution in [2.24, 2.45) is 5.14 Å². The quantitative estimate of drug-likeness (QED) is 0.271. The van der Waals surface area contributed by atoms with Crippen LogP contribution in [0, 0.1) is 0 Å². The first-order valence-corrected chi connectivity index (χ1v) is 12.4. The van der Waals surface area contributed by atoms with Gasteiger partial charge < -0.3 is 11.2 Å². The number of nitrogens with zero attached hydrogens (tertiary/aromatic N) is 3. The second-order valence-corrected chi connectivity index (χ2v) is 10.3. The molecule has 0 unspecified atom stereocenters. The Labute approximate surface area is 195 Å². The van der Waals surface area contributed by atoms with Gasteiger partial charge in [0.15, 0.2) is 5.82 Å². The number of sulfonamides is 1. The van der Waals surface area contributed by atoms with Crippen LogP contribution in [0.1, 0.15) is 18.3 Å². The molecule has 0 aliphatic heterocycles. The highest BCUT2D eigenvalue weighted by Crippen LogP contribution is 2.25. The SMILES string of the molecule is C[C@@H](Sc1nnc(Cc2cccc3ccccc23)n1N)C(=O)Nc1ccc(S(N)(=O)=O)cc1. The van der Waals surface area contributed by atoms with Crippen LogP contribution in [0.3, 0.4) is 0 Å². The zero-order valence-corrected chi connectivity index (χ0v) is 19.3. The molecule has 5 N–H and O–H groups in total. The fraction of sp³-hybridized carbons (Fsp3) is 0.136. The number of hydrogen-bond acceptors (Lipinski definition) is 7. The van der Waals surface area contributed by atoms with E-state index in [1.165, 1.54) is 40.7 Å². The molecular weight excluding hydrogens is 460 g/mol. The lowest BCUT2D eigenvalue weighted by atomic mass is 10.0. The fourth-order valence-corrected chi connectivity index (χ4v) is 4.61. The summed E-state index contributed by atoms with van der Waals surface area (Å²) < 4.78 is 24.1. The Kier molecular flexibility index (Phi) is 6.36. The number of carbonyl (C=O) groups is 1. The van der Waals surface area contributed by atoms with E-state index in [-0.39, 0.29) is 10.8 Å². The molecular formula is C22H22N6O3S2. The Balaban J connectivity index is 1.43. The lowest BCUT2D eigenvalue weighted by molar-refractivity contribution is -0.115. The van der Waals surface area contributed by atoms with E-state index >= 15 is 0 Å². The van der Waals surface area contributed by atoms with Crippen molar-refractivity contribution in [2.45, 2.75) is 28.6 Å². The third-order valence-electron chi connectivity index (χ3n) is 5.07. The third kappa shape index (κ3) is 5.16. The number of benzene rings is 3. The zero-order valence-electron chi connectivity index (χ0n) is 17.7. The van der Waals surface area contributed by atoms with Gasteiger partial charge in [-0.05, 0) is 47.5 Å². The number of rotatable bonds is 7. The molecule has 3 aromatic carbocycles. The second kappa shape index (κ2) is 9.22. The monoisotopic (exact) mass is 482 g/mol. The zero-order chi connectivity index (χ0) is 23.6. The Morgan fingerprint density at radius 3 is 2.48 bits per heavy atom.